The second-order valence-electron chi connectivity index (χ2n) is 6.71. The molecule has 0 spiro atoms. The first kappa shape index (κ1) is 22.6. The van der Waals surface area contributed by atoms with Crippen LogP contribution in [-0.4, -0.2) is 41.8 Å². The number of amides is 1. The number of nitrogens with one attached hydrogen (secondary N) is 1. The fourth-order valence-electron chi connectivity index (χ4n) is 2.97. The summed E-state index contributed by atoms with van der Waals surface area (Å²) in [6.45, 7) is 2.07. The highest BCUT2D eigenvalue weighted by Gasteiger charge is 2.11. The summed E-state index contributed by atoms with van der Waals surface area (Å²) in [6, 6.07) is 14.0. The molecule has 0 saturated heterocycles. The SMILES string of the molecule is CCOc1cc(/C=C/C(=O)c2ccnn2C)ccc1OCC(=O)Nc1ccccc1OC. The molecule has 8 nitrogen and oxygen atoms in total. The highest BCUT2D eigenvalue weighted by Crippen LogP contribution is 2.29. The highest BCUT2D eigenvalue weighted by molar-refractivity contribution is 6.05. The Kier molecular flexibility index (Phi) is 7.64. The molecule has 0 fully saturated rings. The molecule has 0 bridgehead atoms. The molecule has 0 aliphatic carbocycles. The molecule has 166 valence electrons. The van der Waals surface area contributed by atoms with Crippen LogP contribution in [0.3, 0.4) is 0 Å². The molecule has 1 amide bonds. The van der Waals surface area contributed by atoms with Gasteiger partial charge in [0, 0.05) is 13.2 Å². The second-order valence-corrected chi connectivity index (χ2v) is 6.71. The zero-order valence-electron chi connectivity index (χ0n) is 18.2. The van der Waals surface area contributed by atoms with Crippen molar-refractivity contribution in [3.05, 3.63) is 72.1 Å². The van der Waals surface area contributed by atoms with Crippen LogP contribution in [0, 0.1) is 0 Å². The van der Waals surface area contributed by atoms with Crippen LogP contribution in [0.4, 0.5) is 5.69 Å². The average molecular weight is 435 g/mol. The number of rotatable bonds is 10. The zero-order chi connectivity index (χ0) is 22.9. The molecule has 32 heavy (non-hydrogen) atoms. The third-order valence-electron chi connectivity index (χ3n) is 4.51. The van der Waals surface area contributed by atoms with Crippen LogP contribution in [0.2, 0.25) is 0 Å². The number of nitrogens with zero attached hydrogens (tertiary/aromatic N) is 2. The average Bonchev–Trinajstić information content (AvgIpc) is 3.23. The second kappa shape index (κ2) is 10.8. The third kappa shape index (κ3) is 5.75. The summed E-state index contributed by atoms with van der Waals surface area (Å²) in [5.74, 6) is 0.983. The van der Waals surface area contributed by atoms with Crippen LogP contribution in [-0.2, 0) is 11.8 Å². The fourth-order valence-corrected chi connectivity index (χ4v) is 2.97. The van der Waals surface area contributed by atoms with Gasteiger partial charge in [0.1, 0.15) is 11.4 Å². The van der Waals surface area contributed by atoms with Gasteiger partial charge in [-0.05, 0) is 48.9 Å². The number of anilines is 1. The molecule has 1 aromatic heterocycles. The molecule has 0 aliphatic heterocycles. The fraction of sp³-hybridized carbons (Fsp3) is 0.208. The van der Waals surface area contributed by atoms with Crippen molar-refractivity contribution in [1.29, 1.82) is 0 Å². The number of benzene rings is 2. The van der Waals surface area contributed by atoms with E-state index in [1.165, 1.54) is 17.9 Å². The predicted molar refractivity (Wildman–Crippen MR) is 121 cm³/mol. The van der Waals surface area contributed by atoms with E-state index in [0.717, 1.165) is 5.56 Å². The Morgan fingerprint density at radius 1 is 1.06 bits per heavy atom. The number of methoxy groups -OCH3 is 1. The third-order valence-corrected chi connectivity index (χ3v) is 4.51. The van der Waals surface area contributed by atoms with Crippen LogP contribution in [0.15, 0.2) is 60.8 Å². The lowest BCUT2D eigenvalue weighted by Crippen LogP contribution is -2.20. The Balaban J connectivity index is 1.66. The van der Waals surface area contributed by atoms with Crippen LogP contribution >= 0.6 is 0 Å². The normalized spacial score (nSPS) is 10.7. The Morgan fingerprint density at radius 3 is 2.59 bits per heavy atom. The molecule has 8 heteroatoms. The first-order valence-corrected chi connectivity index (χ1v) is 10.0. The van der Waals surface area contributed by atoms with Crippen LogP contribution in [0.1, 0.15) is 23.0 Å². The molecule has 1 heterocycles. The van der Waals surface area contributed by atoms with Crippen molar-refractivity contribution in [3.8, 4) is 17.2 Å². The van der Waals surface area contributed by atoms with Gasteiger partial charge in [0.25, 0.3) is 5.91 Å². The number of carbonyl (C=O) groups excluding carboxylic acids is 2. The van der Waals surface area contributed by atoms with Gasteiger partial charge in [0.15, 0.2) is 18.1 Å². The van der Waals surface area contributed by atoms with Crippen LogP contribution < -0.4 is 19.5 Å². The number of ketones is 1. The molecule has 3 rings (SSSR count). The quantitative estimate of drug-likeness (QED) is 0.385. The maximum Gasteiger partial charge on any atom is 0.262 e. The number of hydrogen-bond acceptors (Lipinski definition) is 6. The van der Waals surface area contributed by atoms with Gasteiger partial charge in [0.05, 0.1) is 19.4 Å². The Labute approximate surface area is 186 Å². The van der Waals surface area contributed by atoms with E-state index >= 15 is 0 Å². The lowest BCUT2D eigenvalue weighted by molar-refractivity contribution is -0.118. The van der Waals surface area contributed by atoms with E-state index in [0.29, 0.717) is 35.2 Å². The predicted octanol–water partition coefficient (Wildman–Crippen LogP) is 3.74. The van der Waals surface area contributed by atoms with E-state index in [1.54, 1.807) is 61.8 Å². The van der Waals surface area contributed by atoms with Crippen LogP contribution in [0.25, 0.3) is 6.08 Å². The molecular formula is C24H25N3O5. The Morgan fingerprint density at radius 2 is 1.88 bits per heavy atom. The van der Waals surface area contributed by atoms with Gasteiger partial charge in [-0.3, -0.25) is 14.3 Å². The monoisotopic (exact) mass is 435 g/mol. The summed E-state index contributed by atoms with van der Waals surface area (Å²) < 4.78 is 18.1. The molecule has 0 saturated carbocycles. The lowest BCUT2D eigenvalue weighted by Gasteiger charge is -2.13. The molecule has 0 aliphatic rings. The van der Waals surface area contributed by atoms with Crippen molar-refractivity contribution >= 4 is 23.5 Å². The number of carbonyl (C=O) groups is 2. The number of aromatic nitrogens is 2. The lowest BCUT2D eigenvalue weighted by atomic mass is 10.1. The summed E-state index contributed by atoms with van der Waals surface area (Å²) in [4.78, 5) is 24.6. The van der Waals surface area contributed by atoms with Crippen molar-refractivity contribution in [2.24, 2.45) is 7.05 Å². The van der Waals surface area contributed by atoms with Crippen molar-refractivity contribution in [1.82, 2.24) is 9.78 Å². The van der Waals surface area contributed by atoms with Crippen molar-refractivity contribution in [3.63, 3.8) is 0 Å². The minimum Gasteiger partial charge on any atom is -0.495 e. The maximum atomic E-state index is 12.3. The van der Waals surface area contributed by atoms with E-state index in [1.807, 2.05) is 13.0 Å². The number of aryl methyl sites for hydroxylation is 1. The van der Waals surface area contributed by atoms with Gasteiger partial charge >= 0.3 is 0 Å². The molecular weight excluding hydrogens is 410 g/mol. The van der Waals surface area contributed by atoms with Gasteiger partial charge in [-0.2, -0.15) is 5.10 Å². The summed E-state index contributed by atoms with van der Waals surface area (Å²) >= 11 is 0. The topological polar surface area (TPSA) is 91.7 Å². The zero-order valence-corrected chi connectivity index (χ0v) is 18.2. The molecule has 3 aromatic rings. The number of hydrogen-bond donors (Lipinski definition) is 1. The summed E-state index contributed by atoms with van der Waals surface area (Å²) in [5, 5.41) is 6.76. The smallest absolute Gasteiger partial charge is 0.262 e. The summed E-state index contributed by atoms with van der Waals surface area (Å²) in [7, 11) is 3.25. The van der Waals surface area contributed by atoms with Gasteiger partial charge in [-0.15, -0.1) is 0 Å². The van der Waals surface area contributed by atoms with E-state index in [9.17, 15) is 9.59 Å². The Bertz CT molecular complexity index is 1120. The van der Waals surface area contributed by atoms with Gasteiger partial charge in [-0.1, -0.05) is 24.3 Å². The van der Waals surface area contributed by atoms with Gasteiger partial charge in [-0.25, -0.2) is 0 Å². The summed E-state index contributed by atoms with van der Waals surface area (Å²) in [6.07, 6.45) is 4.74. The highest BCUT2D eigenvalue weighted by atomic mass is 16.5. The number of allylic oxidation sites excluding steroid dienone is 1. The maximum absolute atomic E-state index is 12.3. The largest absolute Gasteiger partial charge is 0.495 e. The minimum atomic E-state index is -0.331. The van der Waals surface area contributed by atoms with E-state index in [4.69, 9.17) is 14.2 Å². The van der Waals surface area contributed by atoms with Gasteiger partial charge in [0.2, 0.25) is 5.78 Å². The van der Waals surface area contributed by atoms with Crippen LogP contribution in [0.5, 0.6) is 17.2 Å². The first-order valence-electron chi connectivity index (χ1n) is 10.0. The summed E-state index contributed by atoms with van der Waals surface area (Å²) in [5.41, 5.74) is 1.81. The van der Waals surface area contributed by atoms with Gasteiger partial charge < -0.3 is 19.5 Å². The van der Waals surface area contributed by atoms with E-state index in [-0.39, 0.29) is 18.3 Å². The van der Waals surface area contributed by atoms with Crippen molar-refractivity contribution in [2.75, 3.05) is 25.6 Å². The minimum absolute atomic E-state index is 0.156. The molecule has 0 atom stereocenters. The standard InChI is InChI=1S/C24H25N3O5/c1-4-31-23-15-17(9-11-20(28)19-13-14-25-27(19)2)10-12-22(23)32-16-24(29)26-18-7-5-6-8-21(18)30-3/h5-15H,4,16H2,1-3H3,(H,26,29)/b11-9+. The molecule has 0 radical (unpaired) electrons. The first-order chi connectivity index (χ1) is 15.5. The number of para-hydroxylation sites is 2. The van der Waals surface area contributed by atoms with E-state index in [2.05, 4.69) is 10.4 Å². The number of ether oxygens (including phenoxy) is 3. The van der Waals surface area contributed by atoms with E-state index < -0.39 is 0 Å². The molecule has 1 N–H and O–H groups in total. The molecule has 0 unspecified atom stereocenters. The molecule has 2 aromatic carbocycles. The Hall–Kier alpha value is -4.07. The van der Waals surface area contributed by atoms with Crippen molar-refractivity contribution < 1.29 is 23.8 Å². The van der Waals surface area contributed by atoms with Crippen molar-refractivity contribution in [2.45, 2.75) is 6.92 Å².